The van der Waals surface area contributed by atoms with Gasteiger partial charge in [-0.3, -0.25) is 0 Å². The van der Waals surface area contributed by atoms with E-state index in [0.717, 1.165) is 38.6 Å². The fourth-order valence-electron chi connectivity index (χ4n) is 4.58. The third-order valence-electron chi connectivity index (χ3n) is 6.00. The van der Waals surface area contributed by atoms with Crippen molar-refractivity contribution in [2.45, 2.75) is 88.8 Å². The summed E-state index contributed by atoms with van der Waals surface area (Å²) in [5.41, 5.74) is 0.122. The van der Waals surface area contributed by atoms with Gasteiger partial charge in [0.1, 0.15) is 0 Å². The maximum absolute atomic E-state index is 6.16. The molecule has 3 rings (SSSR count). The van der Waals surface area contributed by atoms with E-state index in [1.54, 1.807) is 0 Å². The average Bonchev–Trinajstić information content (AvgIpc) is 2.77. The summed E-state index contributed by atoms with van der Waals surface area (Å²) in [6.07, 6.45) is 13.2. The summed E-state index contributed by atoms with van der Waals surface area (Å²) >= 11 is 0. The molecule has 2 saturated heterocycles. The highest BCUT2D eigenvalue weighted by Gasteiger charge is 2.39. The van der Waals surface area contributed by atoms with Gasteiger partial charge in [-0.1, -0.05) is 25.7 Å². The minimum atomic E-state index is 0.122. The lowest BCUT2D eigenvalue weighted by Gasteiger charge is -2.44. The number of nitrogens with one attached hydrogen (secondary N) is 1. The van der Waals surface area contributed by atoms with E-state index >= 15 is 0 Å². The van der Waals surface area contributed by atoms with E-state index in [4.69, 9.17) is 9.47 Å². The second-order valence-corrected chi connectivity index (χ2v) is 7.54. The fourth-order valence-corrected chi connectivity index (χ4v) is 4.58. The van der Waals surface area contributed by atoms with Crippen LogP contribution in [-0.4, -0.2) is 37.5 Å². The molecule has 21 heavy (non-hydrogen) atoms. The van der Waals surface area contributed by atoms with Crippen LogP contribution in [0.4, 0.5) is 0 Å². The Morgan fingerprint density at radius 2 is 1.67 bits per heavy atom. The highest BCUT2D eigenvalue weighted by atomic mass is 16.5. The zero-order valence-electron chi connectivity index (χ0n) is 13.7. The van der Waals surface area contributed by atoms with Crippen molar-refractivity contribution in [2.75, 3.05) is 19.8 Å². The highest BCUT2D eigenvalue weighted by molar-refractivity contribution is 4.93. The summed E-state index contributed by atoms with van der Waals surface area (Å²) in [6.45, 7) is 5.10. The molecule has 2 heterocycles. The summed E-state index contributed by atoms with van der Waals surface area (Å²) in [5, 5.41) is 3.97. The zero-order valence-corrected chi connectivity index (χ0v) is 13.7. The van der Waals surface area contributed by atoms with Crippen LogP contribution in [0.5, 0.6) is 0 Å². The maximum atomic E-state index is 6.16. The summed E-state index contributed by atoms with van der Waals surface area (Å²) in [4.78, 5) is 0. The monoisotopic (exact) mass is 295 g/mol. The Morgan fingerprint density at radius 3 is 2.38 bits per heavy atom. The number of hydrogen-bond donors (Lipinski definition) is 1. The smallest absolute Gasteiger partial charge is 0.0741 e. The molecular weight excluding hydrogens is 262 g/mol. The normalized spacial score (nSPS) is 32.7. The molecule has 1 saturated carbocycles. The first-order chi connectivity index (χ1) is 10.3. The van der Waals surface area contributed by atoms with Crippen LogP contribution in [-0.2, 0) is 9.47 Å². The molecule has 3 fully saturated rings. The van der Waals surface area contributed by atoms with Crippen molar-refractivity contribution in [1.82, 2.24) is 5.32 Å². The quantitative estimate of drug-likeness (QED) is 0.806. The first-order valence-corrected chi connectivity index (χ1v) is 9.25. The molecule has 1 spiro atoms. The van der Waals surface area contributed by atoms with Gasteiger partial charge in [-0.05, 0) is 51.4 Å². The average molecular weight is 295 g/mol. The van der Waals surface area contributed by atoms with Crippen LogP contribution in [0.25, 0.3) is 0 Å². The van der Waals surface area contributed by atoms with Gasteiger partial charge in [-0.2, -0.15) is 0 Å². The molecule has 1 N–H and O–H groups in total. The Balaban J connectivity index is 1.51. The second-order valence-electron chi connectivity index (χ2n) is 7.54. The Kier molecular flexibility index (Phi) is 5.58. The topological polar surface area (TPSA) is 30.5 Å². The van der Waals surface area contributed by atoms with E-state index < -0.39 is 0 Å². The highest BCUT2D eigenvalue weighted by Crippen LogP contribution is 2.35. The van der Waals surface area contributed by atoms with Crippen molar-refractivity contribution in [3.63, 3.8) is 0 Å². The van der Waals surface area contributed by atoms with Crippen molar-refractivity contribution < 1.29 is 9.47 Å². The Hall–Kier alpha value is -0.120. The Bertz CT molecular complexity index is 301. The lowest BCUT2D eigenvalue weighted by atomic mass is 9.83. The molecule has 0 radical (unpaired) electrons. The third kappa shape index (κ3) is 4.20. The van der Waals surface area contributed by atoms with Crippen LogP contribution in [0.15, 0.2) is 0 Å². The zero-order chi connectivity index (χ0) is 14.5. The van der Waals surface area contributed by atoms with Crippen LogP contribution in [0.3, 0.4) is 0 Å². The van der Waals surface area contributed by atoms with E-state index in [0.29, 0.717) is 12.1 Å². The molecule has 1 aliphatic carbocycles. The van der Waals surface area contributed by atoms with Gasteiger partial charge in [0.25, 0.3) is 0 Å². The minimum absolute atomic E-state index is 0.122. The van der Waals surface area contributed by atoms with E-state index in [9.17, 15) is 0 Å². The molecule has 0 aromatic carbocycles. The van der Waals surface area contributed by atoms with Gasteiger partial charge in [-0.15, -0.1) is 0 Å². The SMILES string of the molecule is C[C@@H](NC1CCOC2(CCOCC2)C1)C1CCCCCC1. The molecule has 0 aromatic rings. The largest absolute Gasteiger partial charge is 0.381 e. The van der Waals surface area contributed by atoms with Crippen molar-refractivity contribution in [3.05, 3.63) is 0 Å². The van der Waals surface area contributed by atoms with Crippen LogP contribution >= 0.6 is 0 Å². The first-order valence-electron chi connectivity index (χ1n) is 9.25. The summed E-state index contributed by atoms with van der Waals surface area (Å²) < 4.78 is 11.7. The van der Waals surface area contributed by atoms with Crippen LogP contribution < -0.4 is 5.32 Å². The maximum Gasteiger partial charge on any atom is 0.0741 e. The van der Waals surface area contributed by atoms with Crippen LogP contribution in [0.2, 0.25) is 0 Å². The van der Waals surface area contributed by atoms with E-state index in [1.807, 2.05) is 0 Å². The van der Waals surface area contributed by atoms with Gasteiger partial charge in [-0.25, -0.2) is 0 Å². The van der Waals surface area contributed by atoms with Crippen molar-refractivity contribution in [3.8, 4) is 0 Å². The van der Waals surface area contributed by atoms with Crippen LogP contribution in [0, 0.1) is 5.92 Å². The molecule has 3 aliphatic rings. The lowest BCUT2D eigenvalue weighted by Crippen LogP contribution is -2.52. The molecule has 0 amide bonds. The predicted molar refractivity (Wildman–Crippen MR) is 85.5 cm³/mol. The van der Waals surface area contributed by atoms with Gasteiger partial charge >= 0.3 is 0 Å². The van der Waals surface area contributed by atoms with Crippen molar-refractivity contribution in [1.29, 1.82) is 0 Å². The van der Waals surface area contributed by atoms with E-state index in [-0.39, 0.29) is 5.60 Å². The fraction of sp³-hybridized carbons (Fsp3) is 1.00. The molecule has 0 aromatic heterocycles. The minimum Gasteiger partial charge on any atom is -0.381 e. The van der Waals surface area contributed by atoms with Gasteiger partial charge in [0.2, 0.25) is 0 Å². The van der Waals surface area contributed by atoms with Gasteiger partial charge in [0.05, 0.1) is 5.60 Å². The third-order valence-corrected chi connectivity index (χ3v) is 6.00. The molecule has 122 valence electrons. The van der Waals surface area contributed by atoms with Crippen LogP contribution in [0.1, 0.15) is 71.1 Å². The standard InChI is InChI=1S/C18H33NO2/c1-15(16-6-4-2-3-5-7-16)19-17-8-11-21-18(14-17)9-12-20-13-10-18/h15-17,19H,2-14H2,1H3/t15-,17?/m1/s1. The number of ether oxygens (including phenoxy) is 2. The Labute approximate surface area is 130 Å². The Morgan fingerprint density at radius 1 is 0.952 bits per heavy atom. The number of rotatable bonds is 3. The molecule has 2 atom stereocenters. The molecule has 0 bridgehead atoms. The summed E-state index contributed by atoms with van der Waals surface area (Å²) in [7, 11) is 0. The molecule has 3 nitrogen and oxygen atoms in total. The van der Waals surface area contributed by atoms with Crippen molar-refractivity contribution >= 4 is 0 Å². The number of hydrogen-bond acceptors (Lipinski definition) is 3. The predicted octanol–water partition coefficient (Wildman–Crippen LogP) is 3.66. The van der Waals surface area contributed by atoms with Crippen molar-refractivity contribution in [2.24, 2.45) is 5.92 Å². The molecule has 1 unspecified atom stereocenters. The second kappa shape index (κ2) is 7.43. The van der Waals surface area contributed by atoms with Gasteiger partial charge in [0.15, 0.2) is 0 Å². The van der Waals surface area contributed by atoms with E-state index in [2.05, 4.69) is 12.2 Å². The van der Waals surface area contributed by atoms with Gasteiger partial charge < -0.3 is 14.8 Å². The first kappa shape index (κ1) is 15.8. The summed E-state index contributed by atoms with van der Waals surface area (Å²) in [6, 6.07) is 1.32. The van der Waals surface area contributed by atoms with E-state index in [1.165, 1.54) is 51.4 Å². The summed E-state index contributed by atoms with van der Waals surface area (Å²) in [5.74, 6) is 0.890. The molecule has 3 heteroatoms. The molecular formula is C18H33NO2. The van der Waals surface area contributed by atoms with Gasteiger partial charge in [0, 0.05) is 31.9 Å². The lowest BCUT2D eigenvalue weighted by molar-refractivity contribution is -0.141. The molecule has 2 aliphatic heterocycles.